The maximum atomic E-state index is 12.1. The summed E-state index contributed by atoms with van der Waals surface area (Å²) in [5.74, 6) is 0.289. The number of benzene rings is 2. The van der Waals surface area contributed by atoms with Crippen LogP contribution in [0.2, 0.25) is 0 Å². The molecule has 0 heterocycles. The van der Waals surface area contributed by atoms with Gasteiger partial charge in [0, 0.05) is 12.0 Å². The second kappa shape index (κ2) is 12.1. The van der Waals surface area contributed by atoms with Gasteiger partial charge in [0.2, 0.25) is 0 Å². The molecule has 7 heteroatoms. The van der Waals surface area contributed by atoms with Crippen LogP contribution in [-0.4, -0.2) is 43.1 Å². The van der Waals surface area contributed by atoms with Crippen LogP contribution in [0.3, 0.4) is 0 Å². The van der Waals surface area contributed by atoms with Gasteiger partial charge in [-0.1, -0.05) is 68.8 Å². The van der Waals surface area contributed by atoms with Gasteiger partial charge in [-0.2, -0.15) is 0 Å². The van der Waals surface area contributed by atoms with E-state index in [1.807, 2.05) is 6.07 Å². The summed E-state index contributed by atoms with van der Waals surface area (Å²) < 4.78 is 0. The molecule has 48 heavy (non-hydrogen) atoms. The molecule has 3 fully saturated rings. The monoisotopic (exact) mass is 658 g/mol. The predicted molar refractivity (Wildman–Crippen MR) is 184 cm³/mol. The van der Waals surface area contributed by atoms with Crippen molar-refractivity contribution in [1.82, 2.24) is 0 Å². The normalized spacial score (nSPS) is 35.0. The first-order valence-corrected chi connectivity index (χ1v) is 18.0. The van der Waals surface area contributed by atoms with Crippen LogP contribution < -0.4 is 0 Å². The topological polar surface area (TPSA) is 135 Å². The number of carboxylic acid groups (broad SMARTS) is 2. The van der Waals surface area contributed by atoms with Crippen molar-refractivity contribution in [1.29, 1.82) is 0 Å². The summed E-state index contributed by atoms with van der Waals surface area (Å²) >= 11 is 0. The molecule has 3 saturated carbocycles. The van der Waals surface area contributed by atoms with Gasteiger partial charge in [-0.25, -0.2) is 9.59 Å². The van der Waals surface area contributed by atoms with E-state index < -0.39 is 28.7 Å². The lowest BCUT2D eigenvalue weighted by atomic mass is 9.46. The van der Waals surface area contributed by atoms with Crippen molar-refractivity contribution in [2.75, 3.05) is 0 Å². The minimum atomic E-state index is -1.71. The van der Waals surface area contributed by atoms with Gasteiger partial charge in [0.05, 0.1) is 22.3 Å². The van der Waals surface area contributed by atoms with E-state index in [9.17, 15) is 35.1 Å². The van der Waals surface area contributed by atoms with Gasteiger partial charge in [0.15, 0.2) is 0 Å². The van der Waals surface area contributed by atoms with E-state index in [1.165, 1.54) is 18.1 Å². The van der Waals surface area contributed by atoms with E-state index in [4.69, 9.17) is 0 Å². The van der Waals surface area contributed by atoms with Gasteiger partial charge < -0.3 is 25.5 Å². The average molecular weight is 659 g/mol. The van der Waals surface area contributed by atoms with Crippen LogP contribution in [-0.2, 0) is 11.2 Å². The highest BCUT2D eigenvalue weighted by Crippen LogP contribution is 2.68. The molecule has 0 bridgehead atoms. The lowest BCUT2D eigenvalue weighted by molar-refractivity contribution is -0.146. The van der Waals surface area contributed by atoms with Crippen LogP contribution in [0.4, 0.5) is 0 Å². The molecule has 2 aromatic rings. The fourth-order valence-corrected chi connectivity index (χ4v) is 11.4. The molecule has 260 valence electrons. The molecule has 7 nitrogen and oxygen atoms in total. The van der Waals surface area contributed by atoms with Crippen molar-refractivity contribution in [2.45, 2.75) is 116 Å². The highest BCUT2D eigenvalue weighted by molar-refractivity contribution is 5.90. The molecule has 2 aromatic carbocycles. The number of carboxylic acids is 2. The number of aromatic carboxylic acids is 2. The third-order valence-corrected chi connectivity index (χ3v) is 14.2. The number of aliphatic hydroxyl groups is 3. The Labute approximate surface area is 285 Å². The van der Waals surface area contributed by atoms with Crippen LogP contribution in [0.5, 0.6) is 0 Å². The predicted octanol–water partition coefficient (Wildman–Crippen LogP) is 7.92. The Hall–Kier alpha value is -3.00. The summed E-state index contributed by atoms with van der Waals surface area (Å²) in [6.07, 6.45) is 10.7. The first-order chi connectivity index (χ1) is 22.5. The zero-order valence-electron chi connectivity index (χ0n) is 29.2. The van der Waals surface area contributed by atoms with Gasteiger partial charge in [-0.05, 0) is 130 Å². The number of hydrogen-bond donors (Lipinski definition) is 5. The summed E-state index contributed by atoms with van der Waals surface area (Å²) in [6, 6.07) is 13.4. The summed E-state index contributed by atoms with van der Waals surface area (Å²) in [5, 5.41) is 54.8. The molecular weight excluding hydrogens is 604 g/mol. The molecule has 0 saturated heterocycles. The SMILES string of the molecule is C[C@H](CCC(O)(c1ccccc1C(=O)O)C(C)(C)O)[C@H]1CC[C@H]2[C@@H]3CC=C4CC(O)(c5ccccc5C(=O)O)CC[C@]4(C)[C@H]3CC[C@]12C. The third kappa shape index (κ3) is 5.45. The summed E-state index contributed by atoms with van der Waals surface area (Å²) in [5.41, 5.74) is -2.01. The van der Waals surface area contributed by atoms with Gasteiger partial charge in [0.25, 0.3) is 0 Å². The number of rotatable bonds is 9. The van der Waals surface area contributed by atoms with E-state index in [0.717, 1.165) is 32.1 Å². The number of allylic oxidation sites excluding steroid dienone is 1. The first kappa shape index (κ1) is 34.8. The van der Waals surface area contributed by atoms with Crippen molar-refractivity contribution in [3.05, 3.63) is 82.4 Å². The number of fused-ring (bicyclic) bond motifs is 5. The Morgan fingerprint density at radius 2 is 1.52 bits per heavy atom. The number of carbonyl (C=O) groups is 2. The van der Waals surface area contributed by atoms with Crippen LogP contribution in [0.15, 0.2) is 60.2 Å². The lowest BCUT2D eigenvalue weighted by Crippen LogP contribution is -2.52. The fourth-order valence-electron chi connectivity index (χ4n) is 11.4. The lowest BCUT2D eigenvalue weighted by Gasteiger charge is -2.59. The molecule has 4 aliphatic carbocycles. The molecule has 0 aliphatic heterocycles. The van der Waals surface area contributed by atoms with Crippen molar-refractivity contribution in [3.63, 3.8) is 0 Å². The maximum Gasteiger partial charge on any atom is 0.336 e. The Balaban J connectivity index is 1.20. The van der Waals surface area contributed by atoms with E-state index in [0.29, 0.717) is 48.5 Å². The van der Waals surface area contributed by atoms with E-state index in [1.54, 1.807) is 50.2 Å². The Morgan fingerprint density at radius 1 is 0.875 bits per heavy atom. The van der Waals surface area contributed by atoms with Crippen LogP contribution in [0.25, 0.3) is 0 Å². The molecule has 6 rings (SSSR count). The molecule has 9 atom stereocenters. The molecule has 0 aromatic heterocycles. The summed E-state index contributed by atoms with van der Waals surface area (Å²) in [4.78, 5) is 24.1. The van der Waals surface area contributed by atoms with Gasteiger partial charge in [-0.15, -0.1) is 0 Å². The van der Waals surface area contributed by atoms with E-state index >= 15 is 0 Å². The molecule has 2 unspecified atom stereocenters. The van der Waals surface area contributed by atoms with Crippen molar-refractivity contribution in [2.24, 2.45) is 40.4 Å². The molecule has 4 aliphatic rings. The molecule has 0 amide bonds. The average Bonchev–Trinajstić information content (AvgIpc) is 3.40. The van der Waals surface area contributed by atoms with Gasteiger partial charge in [0.1, 0.15) is 5.60 Å². The third-order valence-electron chi connectivity index (χ3n) is 14.2. The smallest absolute Gasteiger partial charge is 0.336 e. The quantitative estimate of drug-likeness (QED) is 0.173. The highest BCUT2D eigenvalue weighted by atomic mass is 16.4. The highest BCUT2D eigenvalue weighted by Gasteiger charge is 2.60. The molecular formula is C41H54O7. The summed E-state index contributed by atoms with van der Waals surface area (Å²) in [6.45, 7) is 10.3. The summed E-state index contributed by atoms with van der Waals surface area (Å²) in [7, 11) is 0. The molecule has 0 spiro atoms. The van der Waals surface area contributed by atoms with Crippen molar-refractivity contribution in [3.8, 4) is 0 Å². The standard InChI is InChI=1S/C41H54O7/c1-25(18-21-41(48,37(2,3)46)34-13-9-7-11-29(34)36(44)45)30-16-17-31-27-15-14-26-24-40(47,33-12-8-6-10-28(33)35(42)43)23-22-38(26,4)32(27)19-20-39(30,31)5/h6-14,25,27,30-32,46-48H,15-24H2,1-5H3,(H,42,43)(H,44,45)/t25-,27+,30-,31+,32+,38+,39-,40?,41?/m1/s1. The fraction of sp³-hybridized carbons (Fsp3) is 0.610. The second-order valence-corrected chi connectivity index (χ2v) is 16.8. The zero-order valence-corrected chi connectivity index (χ0v) is 29.2. The maximum absolute atomic E-state index is 12.1. The minimum Gasteiger partial charge on any atom is -0.478 e. The largest absolute Gasteiger partial charge is 0.478 e. The Morgan fingerprint density at radius 3 is 2.19 bits per heavy atom. The minimum absolute atomic E-state index is 0.0148. The van der Waals surface area contributed by atoms with Gasteiger partial charge >= 0.3 is 11.9 Å². The zero-order chi connectivity index (χ0) is 34.9. The molecule has 5 N–H and O–H groups in total. The Kier molecular flexibility index (Phi) is 8.78. The van der Waals surface area contributed by atoms with Crippen LogP contribution in [0.1, 0.15) is 131 Å². The number of hydrogen-bond acceptors (Lipinski definition) is 5. The van der Waals surface area contributed by atoms with E-state index in [2.05, 4.69) is 26.8 Å². The van der Waals surface area contributed by atoms with Crippen molar-refractivity contribution >= 4 is 11.9 Å². The second-order valence-electron chi connectivity index (χ2n) is 16.8. The van der Waals surface area contributed by atoms with Crippen LogP contribution >= 0.6 is 0 Å². The molecule has 0 radical (unpaired) electrons. The van der Waals surface area contributed by atoms with Gasteiger partial charge in [-0.3, -0.25) is 0 Å². The Bertz CT molecular complexity index is 1610. The van der Waals surface area contributed by atoms with E-state index in [-0.39, 0.29) is 39.9 Å². The first-order valence-electron chi connectivity index (χ1n) is 18.0. The van der Waals surface area contributed by atoms with Crippen LogP contribution in [0, 0.1) is 40.4 Å². The van der Waals surface area contributed by atoms with Crippen molar-refractivity contribution < 1.29 is 35.1 Å².